The number of nitrogens with zero attached hydrogens (tertiary/aromatic N) is 2. The zero-order chi connectivity index (χ0) is 10.8. The number of aldehydes is 1. The van der Waals surface area contributed by atoms with Crippen molar-refractivity contribution in [2.75, 3.05) is 7.05 Å². The Hall–Kier alpha value is -1.68. The quantitative estimate of drug-likeness (QED) is 0.762. The molecule has 0 unspecified atom stereocenters. The summed E-state index contributed by atoms with van der Waals surface area (Å²) in [7, 11) is 1.86. The van der Waals surface area contributed by atoms with Crippen LogP contribution in [0.3, 0.4) is 0 Å². The van der Waals surface area contributed by atoms with Gasteiger partial charge in [0, 0.05) is 5.69 Å². The van der Waals surface area contributed by atoms with Gasteiger partial charge in [0.2, 0.25) is 0 Å². The number of imidazole rings is 1. The van der Waals surface area contributed by atoms with Gasteiger partial charge < -0.3 is 5.32 Å². The first-order valence-corrected chi connectivity index (χ1v) is 4.84. The molecule has 0 aliphatic carbocycles. The van der Waals surface area contributed by atoms with E-state index in [9.17, 15) is 4.79 Å². The maximum absolute atomic E-state index is 10.9. The first-order chi connectivity index (χ1) is 7.27. The topological polar surface area (TPSA) is 46.4 Å². The summed E-state index contributed by atoms with van der Waals surface area (Å²) < 4.78 is 2.00. The SMILES string of the molecule is CNCc1nc(C=O)c2cccc(C)n12. The minimum absolute atomic E-state index is 0.504. The number of carbonyl (C=O) groups excluding carboxylic acids is 1. The molecule has 0 saturated carbocycles. The molecule has 0 aliphatic heterocycles. The van der Waals surface area contributed by atoms with E-state index < -0.39 is 0 Å². The molecule has 2 aromatic rings. The Bertz CT molecular complexity index is 502. The van der Waals surface area contributed by atoms with Crippen molar-refractivity contribution in [3.05, 3.63) is 35.4 Å². The first-order valence-electron chi connectivity index (χ1n) is 4.84. The van der Waals surface area contributed by atoms with Crippen LogP contribution < -0.4 is 5.32 Å². The second-order valence-electron chi connectivity index (χ2n) is 3.45. The largest absolute Gasteiger partial charge is 0.313 e. The van der Waals surface area contributed by atoms with E-state index in [0.29, 0.717) is 12.2 Å². The average Bonchev–Trinajstić information content (AvgIpc) is 2.59. The molecule has 4 nitrogen and oxygen atoms in total. The molecular weight excluding hydrogens is 190 g/mol. The molecule has 0 aliphatic rings. The van der Waals surface area contributed by atoms with Crippen LogP contribution >= 0.6 is 0 Å². The number of fused-ring (bicyclic) bond motifs is 1. The molecule has 2 rings (SSSR count). The Morgan fingerprint density at radius 1 is 1.53 bits per heavy atom. The van der Waals surface area contributed by atoms with Crippen LogP contribution in [0.1, 0.15) is 22.0 Å². The van der Waals surface area contributed by atoms with E-state index in [-0.39, 0.29) is 0 Å². The molecule has 0 saturated heterocycles. The lowest BCUT2D eigenvalue weighted by Crippen LogP contribution is -2.09. The molecule has 1 N–H and O–H groups in total. The van der Waals surface area contributed by atoms with Crippen molar-refractivity contribution in [1.29, 1.82) is 0 Å². The highest BCUT2D eigenvalue weighted by atomic mass is 16.1. The Morgan fingerprint density at radius 2 is 2.33 bits per heavy atom. The Balaban J connectivity index is 2.75. The highest BCUT2D eigenvalue weighted by molar-refractivity contribution is 5.83. The lowest BCUT2D eigenvalue weighted by atomic mass is 10.3. The van der Waals surface area contributed by atoms with Gasteiger partial charge in [-0.25, -0.2) is 4.98 Å². The molecule has 2 aromatic heterocycles. The molecule has 15 heavy (non-hydrogen) atoms. The van der Waals surface area contributed by atoms with E-state index in [0.717, 1.165) is 23.3 Å². The first kappa shape index (κ1) is 9.86. The minimum atomic E-state index is 0.504. The number of rotatable bonds is 3. The van der Waals surface area contributed by atoms with Gasteiger partial charge in [-0.2, -0.15) is 0 Å². The molecule has 78 valence electrons. The predicted octanol–water partition coefficient (Wildman–Crippen LogP) is 1.17. The fraction of sp³-hybridized carbons (Fsp3) is 0.273. The normalized spacial score (nSPS) is 10.8. The average molecular weight is 203 g/mol. The second-order valence-corrected chi connectivity index (χ2v) is 3.45. The van der Waals surface area contributed by atoms with Crippen molar-refractivity contribution < 1.29 is 4.79 Å². The fourth-order valence-electron chi connectivity index (χ4n) is 1.77. The van der Waals surface area contributed by atoms with Gasteiger partial charge in [0.1, 0.15) is 11.5 Å². The van der Waals surface area contributed by atoms with Crippen molar-refractivity contribution in [3.8, 4) is 0 Å². The summed E-state index contributed by atoms with van der Waals surface area (Å²) in [5.41, 5.74) is 2.46. The summed E-state index contributed by atoms with van der Waals surface area (Å²) in [4.78, 5) is 15.1. The monoisotopic (exact) mass is 203 g/mol. The maximum atomic E-state index is 10.9. The second kappa shape index (κ2) is 3.82. The summed E-state index contributed by atoms with van der Waals surface area (Å²) in [5.74, 6) is 0.868. The number of pyridine rings is 1. The highest BCUT2D eigenvalue weighted by Crippen LogP contribution is 2.14. The molecule has 0 amide bonds. The summed E-state index contributed by atoms with van der Waals surface area (Å²) in [6.07, 6.45) is 0.800. The Kier molecular flexibility index (Phi) is 2.51. The van der Waals surface area contributed by atoms with Crippen LogP contribution in [0.4, 0.5) is 0 Å². The van der Waals surface area contributed by atoms with Gasteiger partial charge >= 0.3 is 0 Å². The number of carbonyl (C=O) groups is 1. The molecule has 0 atom stereocenters. The van der Waals surface area contributed by atoms with Crippen LogP contribution in [-0.4, -0.2) is 22.7 Å². The van der Waals surface area contributed by atoms with Crippen molar-refractivity contribution in [1.82, 2.24) is 14.7 Å². The van der Waals surface area contributed by atoms with Crippen LogP contribution in [0.15, 0.2) is 18.2 Å². The standard InChI is InChI=1S/C11H13N3O/c1-8-4-3-5-10-9(7-15)13-11(6-12-2)14(8)10/h3-5,7,12H,6H2,1-2H3. The molecule has 0 radical (unpaired) electrons. The van der Waals surface area contributed by atoms with Gasteiger partial charge in [0.15, 0.2) is 6.29 Å². The smallest absolute Gasteiger partial charge is 0.170 e. The van der Waals surface area contributed by atoms with Crippen molar-refractivity contribution >= 4 is 11.8 Å². The predicted molar refractivity (Wildman–Crippen MR) is 58.1 cm³/mol. The van der Waals surface area contributed by atoms with Crippen LogP contribution in [0.5, 0.6) is 0 Å². The molecule has 0 bridgehead atoms. The lowest BCUT2D eigenvalue weighted by molar-refractivity contribution is 0.112. The van der Waals surface area contributed by atoms with Crippen LogP contribution in [-0.2, 0) is 6.54 Å². The summed E-state index contributed by atoms with van der Waals surface area (Å²) in [5, 5.41) is 3.04. The summed E-state index contributed by atoms with van der Waals surface area (Å²) in [6, 6.07) is 5.84. The molecule has 0 aromatic carbocycles. The van der Waals surface area contributed by atoms with Gasteiger partial charge in [0.25, 0.3) is 0 Å². The summed E-state index contributed by atoms with van der Waals surface area (Å²) >= 11 is 0. The fourth-order valence-corrected chi connectivity index (χ4v) is 1.77. The third-order valence-electron chi connectivity index (χ3n) is 2.40. The Morgan fingerprint density at radius 3 is 3.00 bits per heavy atom. The van der Waals surface area contributed by atoms with Crippen LogP contribution in [0.2, 0.25) is 0 Å². The van der Waals surface area contributed by atoms with Gasteiger partial charge in [0.05, 0.1) is 12.1 Å². The van der Waals surface area contributed by atoms with E-state index in [1.54, 1.807) is 0 Å². The molecule has 0 fully saturated rings. The van der Waals surface area contributed by atoms with E-state index in [1.807, 2.05) is 36.6 Å². The van der Waals surface area contributed by atoms with Gasteiger partial charge in [-0.3, -0.25) is 9.20 Å². The zero-order valence-corrected chi connectivity index (χ0v) is 8.82. The zero-order valence-electron chi connectivity index (χ0n) is 8.82. The van der Waals surface area contributed by atoms with E-state index in [1.165, 1.54) is 0 Å². The van der Waals surface area contributed by atoms with E-state index >= 15 is 0 Å². The number of hydrogen-bond donors (Lipinski definition) is 1. The van der Waals surface area contributed by atoms with E-state index in [2.05, 4.69) is 10.3 Å². The lowest BCUT2D eigenvalue weighted by Gasteiger charge is -2.03. The van der Waals surface area contributed by atoms with Gasteiger partial charge in [-0.05, 0) is 26.1 Å². The maximum Gasteiger partial charge on any atom is 0.170 e. The van der Waals surface area contributed by atoms with Crippen molar-refractivity contribution in [2.45, 2.75) is 13.5 Å². The number of hydrogen-bond acceptors (Lipinski definition) is 3. The van der Waals surface area contributed by atoms with Crippen LogP contribution in [0.25, 0.3) is 5.52 Å². The highest BCUT2D eigenvalue weighted by Gasteiger charge is 2.10. The minimum Gasteiger partial charge on any atom is -0.313 e. The van der Waals surface area contributed by atoms with E-state index in [4.69, 9.17) is 0 Å². The third kappa shape index (κ3) is 1.53. The number of aryl methyl sites for hydroxylation is 1. The molecular formula is C11H13N3O. The van der Waals surface area contributed by atoms with Gasteiger partial charge in [-0.1, -0.05) is 6.07 Å². The molecule has 2 heterocycles. The Labute approximate surface area is 87.9 Å². The van der Waals surface area contributed by atoms with Crippen molar-refractivity contribution in [2.24, 2.45) is 0 Å². The van der Waals surface area contributed by atoms with Crippen molar-refractivity contribution in [3.63, 3.8) is 0 Å². The van der Waals surface area contributed by atoms with Gasteiger partial charge in [-0.15, -0.1) is 0 Å². The third-order valence-corrected chi connectivity index (χ3v) is 2.40. The summed E-state index contributed by atoms with van der Waals surface area (Å²) in [6.45, 7) is 2.66. The number of aromatic nitrogens is 2. The number of nitrogens with one attached hydrogen (secondary N) is 1. The van der Waals surface area contributed by atoms with Crippen LogP contribution in [0, 0.1) is 6.92 Å². The molecule has 0 spiro atoms. The molecule has 4 heteroatoms.